The number of fused-ring (bicyclic) bond motifs is 2. The molecule has 5 nitrogen and oxygen atoms in total. The molecule has 3 rings (SSSR count). The van der Waals surface area contributed by atoms with Crippen LogP contribution in [0.25, 0.3) is 0 Å². The average Bonchev–Trinajstić information content (AvgIpc) is 2.88. The van der Waals surface area contributed by atoms with Gasteiger partial charge in [0.25, 0.3) is 0 Å². The first-order valence-corrected chi connectivity index (χ1v) is 7.04. The maximum absolute atomic E-state index is 11.0. The number of nitrogens with zero attached hydrogens (tertiary/aromatic N) is 1. The summed E-state index contributed by atoms with van der Waals surface area (Å²) < 4.78 is 22.0. The second-order valence-corrected chi connectivity index (χ2v) is 5.66. The second kappa shape index (κ2) is 4.31. The van der Waals surface area contributed by atoms with E-state index in [-0.39, 0.29) is 17.2 Å². The summed E-state index contributed by atoms with van der Waals surface area (Å²) in [6.07, 6.45) is 6.42. The minimum Gasteiger partial charge on any atom is -0.481 e. The summed E-state index contributed by atoms with van der Waals surface area (Å²) in [5, 5.41) is 8.88. The van der Waals surface area contributed by atoms with Crippen molar-refractivity contribution in [3.05, 3.63) is 35.1 Å². The van der Waals surface area contributed by atoms with Gasteiger partial charge in [-0.15, -0.1) is 0 Å². The van der Waals surface area contributed by atoms with Crippen molar-refractivity contribution in [1.82, 2.24) is 0 Å². The number of carboxylic acid groups (broad SMARTS) is 1. The molecule has 1 aliphatic heterocycles. The van der Waals surface area contributed by atoms with Gasteiger partial charge in [-0.1, -0.05) is 0 Å². The van der Waals surface area contributed by atoms with Crippen LogP contribution in [0.2, 0.25) is 0 Å². The van der Waals surface area contributed by atoms with E-state index in [1.54, 1.807) is 12.2 Å². The first-order valence-electron chi connectivity index (χ1n) is 5.96. The minimum absolute atomic E-state index is 0.0545. The second-order valence-electron chi connectivity index (χ2n) is 4.72. The number of hydrogen-bond donors (Lipinski definition) is 1. The lowest BCUT2D eigenvalue weighted by molar-refractivity contribution is -0.137. The van der Waals surface area contributed by atoms with Crippen LogP contribution < -0.4 is 0 Å². The lowest BCUT2D eigenvalue weighted by Gasteiger charge is -2.09. The number of aliphatic imine (C=N–C) groups is 1. The fourth-order valence-electron chi connectivity index (χ4n) is 2.76. The van der Waals surface area contributed by atoms with Gasteiger partial charge >= 0.3 is 5.97 Å². The fraction of sp³-hybridized carbons (Fsp3) is 0.308. The van der Waals surface area contributed by atoms with E-state index in [9.17, 15) is 13.2 Å². The summed E-state index contributed by atoms with van der Waals surface area (Å²) in [5.74, 6) is -0.882. The van der Waals surface area contributed by atoms with Gasteiger partial charge in [0, 0.05) is 17.2 Å². The van der Waals surface area contributed by atoms with Crippen molar-refractivity contribution in [2.45, 2.75) is 19.3 Å². The van der Waals surface area contributed by atoms with E-state index in [1.165, 1.54) is 6.08 Å². The largest absolute Gasteiger partial charge is 0.481 e. The SMILES string of the molecule is O=C(O)CC1CCC2=C1N=C1C=CC(=S(=O)=O)C=C12. The highest BCUT2D eigenvalue weighted by atomic mass is 32.2. The normalized spacial score (nSPS) is 24.0. The summed E-state index contributed by atoms with van der Waals surface area (Å²) in [5.41, 5.74) is 3.42. The van der Waals surface area contributed by atoms with E-state index in [0.29, 0.717) is 0 Å². The summed E-state index contributed by atoms with van der Waals surface area (Å²) in [6.45, 7) is 0. The zero-order valence-corrected chi connectivity index (χ0v) is 10.8. The van der Waals surface area contributed by atoms with Crippen LogP contribution in [0.4, 0.5) is 0 Å². The highest BCUT2D eigenvalue weighted by molar-refractivity contribution is 7.73. The summed E-state index contributed by atoms with van der Waals surface area (Å²) in [6, 6.07) is 0. The van der Waals surface area contributed by atoms with Gasteiger partial charge < -0.3 is 5.11 Å². The number of allylic oxidation sites excluding steroid dienone is 6. The molecular formula is C13H11NO4S. The molecule has 1 heterocycles. The van der Waals surface area contributed by atoms with Crippen LogP contribution in [0.15, 0.2) is 40.1 Å². The molecule has 0 bridgehead atoms. The monoisotopic (exact) mass is 277 g/mol. The zero-order chi connectivity index (χ0) is 13.6. The molecule has 0 aromatic heterocycles. The van der Waals surface area contributed by atoms with Gasteiger partial charge in [0.2, 0.25) is 10.3 Å². The Labute approximate surface area is 111 Å². The van der Waals surface area contributed by atoms with E-state index >= 15 is 0 Å². The first-order chi connectivity index (χ1) is 9.06. The standard InChI is InChI=1S/C13H11NO4S/c15-12(16)5-7-1-3-9-10-6-8(19(17)18)2-4-11(10)14-13(7)9/h2,4,6-7H,1,3,5H2,(H,15,16). The van der Waals surface area contributed by atoms with Crippen molar-refractivity contribution >= 4 is 26.8 Å². The smallest absolute Gasteiger partial charge is 0.304 e. The third-order valence-corrected chi connectivity index (χ3v) is 4.23. The molecule has 0 fully saturated rings. The van der Waals surface area contributed by atoms with E-state index in [4.69, 9.17) is 5.11 Å². The van der Waals surface area contributed by atoms with Crippen LogP contribution >= 0.6 is 0 Å². The molecule has 0 spiro atoms. The molecule has 1 unspecified atom stereocenters. The van der Waals surface area contributed by atoms with E-state index in [2.05, 4.69) is 4.99 Å². The molecule has 0 radical (unpaired) electrons. The number of carbonyl (C=O) groups is 1. The minimum atomic E-state index is -2.26. The van der Waals surface area contributed by atoms with E-state index < -0.39 is 16.3 Å². The molecule has 1 atom stereocenters. The predicted molar refractivity (Wildman–Crippen MR) is 70.6 cm³/mol. The highest BCUT2D eigenvalue weighted by Crippen LogP contribution is 2.43. The van der Waals surface area contributed by atoms with Crippen LogP contribution in [0.1, 0.15) is 19.3 Å². The van der Waals surface area contributed by atoms with Gasteiger partial charge in [0.1, 0.15) is 0 Å². The summed E-state index contributed by atoms with van der Waals surface area (Å²) in [7, 11) is -2.26. The van der Waals surface area contributed by atoms with Crippen LogP contribution in [0.5, 0.6) is 0 Å². The van der Waals surface area contributed by atoms with Crippen molar-refractivity contribution < 1.29 is 18.3 Å². The third-order valence-electron chi connectivity index (χ3n) is 3.59. The van der Waals surface area contributed by atoms with Gasteiger partial charge in [-0.3, -0.25) is 9.79 Å². The molecule has 3 aliphatic rings. The Bertz CT molecular complexity index is 727. The van der Waals surface area contributed by atoms with Crippen LogP contribution in [0.3, 0.4) is 0 Å². The van der Waals surface area contributed by atoms with Gasteiger partial charge in [0.05, 0.1) is 17.0 Å². The molecule has 0 aromatic rings. The Kier molecular flexibility index (Phi) is 2.74. The molecule has 19 heavy (non-hydrogen) atoms. The number of aliphatic carboxylic acids is 1. The van der Waals surface area contributed by atoms with Crippen molar-refractivity contribution in [3.63, 3.8) is 0 Å². The molecule has 0 saturated heterocycles. The van der Waals surface area contributed by atoms with Crippen LogP contribution in [-0.4, -0.2) is 30.1 Å². The number of carboxylic acids is 1. The van der Waals surface area contributed by atoms with Gasteiger partial charge in [-0.2, -0.15) is 8.42 Å². The van der Waals surface area contributed by atoms with E-state index in [1.807, 2.05) is 0 Å². The van der Waals surface area contributed by atoms with Crippen molar-refractivity contribution in [2.24, 2.45) is 10.9 Å². The summed E-state index contributed by atoms with van der Waals surface area (Å²) >= 11 is 0. The Morgan fingerprint density at radius 3 is 2.89 bits per heavy atom. The topological polar surface area (TPSA) is 83.8 Å². The molecule has 1 N–H and O–H groups in total. The van der Waals surface area contributed by atoms with Gasteiger partial charge in [-0.05, 0) is 36.6 Å². The number of hydrogen-bond acceptors (Lipinski definition) is 4. The predicted octanol–water partition coefficient (Wildman–Crippen LogP) is 1.13. The van der Waals surface area contributed by atoms with Crippen molar-refractivity contribution in [1.29, 1.82) is 0 Å². The molecule has 2 aliphatic carbocycles. The summed E-state index contributed by atoms with van der Waals surface area (Å²) in [4.78, 5) is 15.5. The fourth-order valence-corrected chi connectivity index (χ4v) is 3.15. The van der Waals surface area contributed by atoms with Crippen molar-refractivity contribution in [3.8, 4) is 0 Å². The molecule has 98 valence electrons. The maximum atomic E-state index is 11.0. The van der Waals surface area contributed by atoms with E-state index in [0.717, 1.165) is 35.4 Å². The molecule has 6 heteroatoms. The zero-order valence-electron chi connectivity index (χ0n) is 9.96. The molecular weight excluding hydrogens is 266 g/mol. The quantitative estimate of drug-likeness (QED) is 0.767. The Morgan fingerprint density at radius 1 is 1.42 bits per heavy atom. The Hall–Kier alpha value is -1.95. The Balaban J connectivity index is 2.03. The molecule has 0 aromatic carbocycles. The third kappa shape index (κ3) is 1.98. The van der Waals surface area contributed by atoms with Crippen LogP contribution in [-0.2, 0) is 15.1 Å². The van der Waals surface area contributed by atoms with Gasteiger partial charge in [-0.25, -0.2) is 0 Å². The molecule has 0 saturated carbocycles. The lowest BCUT2D eigenvalue weighted by atomic mass is 9.97. The first kappa shape index (κ1) is 12.1. The van der Waals surface area contributed by atoms with Gasteiger partial charge in [0.15, 0.2) is 0 Å². The molecule has 0 amide bonds. The Morgan fingerprint density at radius 2 is 2.21 bits per heavy atom. The maximum Gasteiger partial charge on any atom is 0.304 e. The number of rotatable bonds is 2. The lowest BCUT2D eigenvalue weighted by Crippen LogP contribution is -2.08. The van der Waals surface area contributed by atoms with Crippen LogP contribution in [0, 0.1) is 5.92 Å². The average molecular weight is 277 g/mol. The highest BCUT2D eigenvalue weighted by Gasteiger charge is 2.34. The van der Waals surface area contributed by atoms with Crippen molar-refractivity contribution in [2.75, 3.05) is 0 Å².